The maximum absolute atomic E-state index is 12.1. The molecule has 0 amide bonds. The van der Waals surface area contributed by atoms with Gasteiger partial charge in [-0.15, -0.1) is 25.6 Å². The number of halogens is 5. The first-order valence-corrected chi connectivity index (χ1v) is 6.65. The summed E-state index contributed by atoms with van der Waals surface area (Å²) >= 11 is 3.09. The minimum absolute atomic E-state index is 0. The van der Waals surface area contributed by atoms with E-state index in [1.54, 1.807) is 12.1 Å². The Labute approximate surface area is 129 Å². The first-order valence-electron chi connectivity index (χ1n) is 5.85. The van der Waals surface area contributed by atoms with Crippen LogP contribution in [0.25, 0.3) is 0 Å². The van der Waals surface area contributed by atoms with Gasteiger partial charge in [0.15, 0.2) is 0 Å². The van der Waals surface area contributed by atoms with Crippen molar-refractivity contribution < 1.29 is 17.9 Å². The van der Waals surface area contributed by atoms with E-state index in [0.29, 0.717) is 11.0 Å². The van der Waals surface area contributed by atoms with Crippen LogP contribution in [0.2, 0.25) is 0 Å². The number of benzene rings is 1. The molecule has 1 atom stereocenters. The van der Waals surface area contributed by atoms with Crippen molar-refractivity contribution in [2.75, 3.05) is 13.1 Å². The fourth-order valence-electron chi connectivity index (χ4n) is 2.11. The van der Waals surface area contributed by atoms with Crippen molar-refractivity contribution in [3.8, 4) is 5.75 Å². The van der Waals surface area contributed by atoms with E-state index < -0.39 is 6.36 Å². The van der Waals surface area contributed by atoms with Crippen molar-refractivity contribution in [2.24, 2.45) is 5.73 Å². The summed E-state index contributed by atoms with van der Waals surface area (Å²) in [5, 5.41) is 0. The number of hydrogen-bond donors (Lipinski definition) is 1. The molecule has 0 spiro atoms. The Morgan fingerprint density at radius 1 is 1.40 bits per heavy atom. The molecule has 1 aliphatic rings. The maximum Gasteiger partial charge on any atom is 0.573 e. The molecule has 0 radical (unpaired) electrons. The van der Waals surface area contributed by atoms with Crippen molar-refractivity contribution in [3.63, 3.8) is 0 Å². The second-order valence-corrected chi connectivity index (χ2v) is 5.45. The number of nitrogens with zero attached hydrogens (tertiary/aromatic N) is 1. The van der Waals surface area contributed by atoms with Crippen molar-refractivity contribution >= 4 is 28.3 Å². The molecule has 2 rings (SSSR count). The molecular formula is C12H15BrClF3N2O. The number of hydrogen-bond acceptors (Lipinski definition) is 3. The number of alkyl halides is 3. The van der Waals surface area contributed by atoms with E-state index >= 15 is 0 Å². The van der Waals surface area contributed by atoms with Gasteiger partial charge in [-0.3, -0.25) is 4.90 Å². The van der Waals surface area contributed by atoms with Crippen LogP contribution in [0, 0.1) is 0 Å². The largest absolute Gasteiger partial charge is 0.573 e. The van der Waals surface area contributed by atoms with Crippen LogP contribution in [0.5, 0.6) is 5.75 Å². The van der Waals surface area contributed by atoms with Gasteiger partial charge in [0.05, 0.1) is 4.47 Å². The molecule has 1 aliphatic heterocycles. The smallest absolute Gasteiger partial charge is 0.405 e. The Morgan fingerprint density at radius 2 is 2.10 bits per heavy atom. The van der Waals surface area contributed by atoms with E-state index in [1.165, 1.54) is 6.07 Å². The van der Waals surface area contributed by atoms with Crippen LogP contribution in [0.15, 0.2) is 22.7 Å². The van der Waals surface area contributed by atoms with Gasteiger partial charge in [-0.1, -0.05) is 6.07 Å². The molecule has 8 heteroatoms. The first kappa shape index (κ1) is 17.6. The highest BCUT2D eigenvalue weighted by Gasteiger charge is 2.32. The monoisotopic (exact) mass is 374 g/mol. The van der Waals surface area contributed by atoms with E-state index in [-0.39, 0.29) is 24.2 Å². The molecular weight excluding hydrogens is 360 g/mol. The van der Waals surface area contributed by atoms with Gasteiger partial charge in [0.1, 0.15) is 5.75 Å². The van der Waals surface area contributed by atoms with Gasteiger partial charge in [-0.05, 0) is 40.0 Å². The molecule has 0 aliphatic carbocycles. The van der Waals surface area contributed by atoms with Crippen LogP contribution < -0.4 is 10.5 Å². The third-order valence-corrected chi connectivity index (χ3v) is 3.56. The highest BCUT2D eigenvalue weighted by molar-refractivity contribution is 9.10. The van der Waals surface area contributed by atoms with E-state index in [2.05, 4.69) is 25.6 Å². The van der Waals surface area contributed by atoms with Gasteiger partial charge >= 0.3 is 6.36 Å². The zero-order valence-electron chi connectivity index (χ0n) is 10.5. The van der Waals surface area contributed by atoms with Crippen LogP contribution >= 0.6 is 28.3 Å². The molecule has 1 heterocycles. The Morgan fingerprint density at radius 3 is 2.60 bits per heavy atom. The summed E-state index contributed by atoms with van der Waals surface area (Å²) < 4.78 is 40.6. The van der Waals surface area contributed by atoms with Crippen LogP contribution in [-0.4, -0.2) is 30.4 Å². The quantitative estimate of drug-likeness (QED) is 0.881. The molecule has 114 valence electrons. The van der Waals surface area contributed by atoms with Crippen molar-refractivity contribution in [1.29, 1.82) is 0 Å². The maximum atomic E-state index is 12.1. The summed E-state index contributed by atoms with van der Waals surface area (Å²) in [7, 11) is 0. The summed E-state index contributed by atoms with van der Waals surface area (Å²) in [6.07, 6.45) is -3.72. The lowest BCUT2D eigenvalue weighted by Gasteiger charge is -2.16. The zero-order chi connectivity index (χ0) is 14.0. The second kappa shape index (κ2) is 6.98. The van der Waals surface area contributed by atoms with Gasteiger partial charge in [0.25, 0.3) is 0 Å². The van der Waals surface area contributed by atoms with Crippen molar-refractivity contribution in [1.82, 2.24) is 4.90 Å². The first-order chi connectivity index (χ1) is 8.83. The molecule has 1 aromatic rings. The third-order valence-electron chi connectivity index (χ3n) is 2.94. The zero-order valence-corrected chi connectivity index (χ0v) is 12.9. The van der Waals surface area contributed by atoms with E-state index in [0.717, 1.165) is 25.1 Å². The van der Waals surface area contributed by atoms with Crippen LogP contribution in [0.1, 0.15) is 12.0 Å². The lowest BCUT2D eigenvalue weighted by atomic mass is 10.2. The van der Waals surface area contributed by atoms with Gasteiger partial charge in [-0.25, -0.2) is 0 Å². The standard InChI is InChI=1S/C12H14BrF3N2O.ClH/c13-10-5-8(6-18-4-3-9(17)7-18)1-2-11(10)19-12(14,15)16;/h1-2,5,9H,3-4,6-7,17H2;1H/t9-;/m1./s1. The normalized spacial score (nSPS) is 19.8. The Hall–Kier alpha value is -0.500. The highest BCUT2D eigenvalue weighted by Crippen LogP contribution is 2.31. The minimum atomic E-state index is -4.67. The van der Waals surface area contributed by atoms with Gasteiger partial charge < -0.3 is 10.5 Å². The average molecular weight is 376 g/mol. The van der Waals surface area contributed by atoms with Crippen LogP contribution in [0.3, 0.4) is 0 Å². The summed E-state index contributed by atoms with van der Waals surface area (Å²) in [4.78, 5) is 2.18. The Kier molecular flexibility index (Phi) is 6.12. The molecule has 1 aromatic carbocycles. The molecule has 1 fully saturated rings. The van der Waals surface area contributed by atoms with Crippen LogP contribution in [-0.2, 0) is 6.54 Å². The number of likely N-dealkylation sites (tertiary alicyclic amines) is 1. The van der Waals surface area contributed by atoms with Crippen molar-refractivity contribution in [2.45, 2.75) is 25.4 Å². The molecule has 0 saturated carbocycles. The van der Waals surface area contributed by atoms with Crippen LogP contribution in [0.4, 0.5) is 13.2 Å². The number of rotatable bonds is 3. The average Bonchev–Trinajstić information content (AvgIpc) is 2.66. The lowest BCUT2D eigenvalue weighted by molar-refractivity contribution is -0.274. The van der Waals surface area contributed by atoms with E-state index in [1.807, 2.05) is 0 Å². The molecule has 3 nitrogen and oxygen atoms in total. The molecule has 0 unspecified atom stereocenters. The predicted octanol–water partition coefficient (Wildman–Crippen LogP) is 3.30. The SMILES string of the molecule is Cl.N[C@@H]1CCN(Cc2ccc(OC(F)(F)F)c(Br)c2)C1. The predicted molar refractivity (Wildman–Crippen MR) is 75.9 cm³/mol. The van der Waals surface area contributed by atoms with Gasteiger partial charge in [0, 0.05) is 25.7 Å². The van der Waals surface area contributed by atoms with E-state index in [9.17, 15) is 13.2 Å². The second-order valence-electron chi connectivity index (χ2n) is 4.60. The third kappa shape index (κ3) is 5.12. The summed E-state index contributed by atoms with van der Waals surface area (Å²) in [6.45, 7) is 2.41. The number of nitrogens with two attached hydrogens (primary N) is 1. The molecule has 0 aromatic heterocycles. The lowest BCUT2D eigenvalue weighted by Crippen LogP contribution is -2.26. The highest BCUT2D eigenvalue weighted by atomic mass is 79.9. The molecule has 1 saturated heterocycles. The fraction of sp³-hybridized carbons (Fsp3) is 0.500. The number of ether oxygens (including phenoxy) is 1. The Balaban J connectivity index is 0.00000200. The summed E-state index contributed by atoms with van der Waals surface area (Å²) in [5.41, 5.74) is 6.73. The molecule has 20 heavy (non-hydrogen) atoms. The summed E-state index contributed by atoms with van der Waals surface area (Å²) in [6, 6.07) is 4.79. The Bertz CT molecular complexity index is 459. The van der Waals surface area contributed by atoms with Gasteiger partial charge in [0.2, 0.25) is 0 Å². The van der Waals surface area contributed by atoms with E-state index in [4.69, 9.17) is 5.73 Å². The fourth-order valence-corrected chi connectivity index (χ4v) is 2.62. The summed E-state index contributed by atoms with van der Waals surface area (Å²) in [5.74, 6) is -0.227. The topological polar surface area (TPSA) is 38.5 Å². The minimum Gasteiger partial charge on any atom is -0.405 e. The van der Waals surface area contributed by atoms with Crippen molar-refractivity contribution in [3.05, 3.63) is 28.2 Å². The molecule has 2 N–H and O–H groups in total. The molecule has 0 bridgehead atoms. The van der Waals surface area contributed by atoms with Gasteiger partial charge in [-0.2, -0.15) is 0 Å².